The van der Waals surface area contributed by atoms with Crippen LogP contribution in [0.1, 0.15) is 40.0 Å². The third-order valence-electron chi connectivity index (χ3n) is 4.40. The number of hydrogen-bond donors (Lipinski definition) is 1. The lowest BCUT2D eigenvalue weighted by atomic mass is 9.93. The van der Waals surface area contributed by atoms with Crippen molar-refractivity contribution in [1.29, 1.82) is 0 Å². The van der Waals surface area contributed by atoms with Crippen LogP contribution in [0.15, 0.2) is 0 Å². The van der Waals surface area contributed by atoms with E-state index in [1.165, 1.54) is 38.9 Å². The van der Waals surface area contributed by atoms with Crippen LogP contribution in [0.5, 0.6) is 0 Å². The molecule has 2 fully saturated rings. The van der Waals surface area contributed by atoms with Gasteiger partial charge >= 0.3 is 0 Å². The van der Waals surface area contributed by atoms with Crippen molar-refractivity contribution in [3.63, 3.8) is 0 Å². The normalized spacial score (nSPS) is 36.0. The van der Waals surface area contributed by atoms with Crippen LogP contribution in [0.2, 0.25) is 0 Å². The number of piperidine rings is 1. The largest absolute Gasteiger partial charge is 0.309 e. The van der Waals surface area contributed by atoms with E-state index < -0.39 is 0 Å². The molecule has 0 radical (unpaired) electrons. The van der Waals surface area contributed by atoms with E-state index in [4.69, 9.17) is 0 Å². The van der Waals surface area contributed by atoms with Gasteiger partial charge in [-0.1, -0.05) is 6.92 Å². The SMILES string of the molecule is CCC1CNC(C)(C)CN1C1CCCN(C)C1. The van der Waals surface area contributed by atoms with Crippen molar-refractivity contribution < 1.29 is 0 Å². The Labute approximate surface area is 107 Å². The average molecular weight is 239 g/mol. The van der Waals surface area contributed by atoms with E-state index in [1.807, 2.05) is 0 Å². The highest BCUT2D eigenvalue weighted by Gasteiger charge is 2.36. The molecule has 2 unspecified atom stereocenters. The molecule has 0 amide bonds. The maximum atomic E-state index is 3.68. The van der Waals surface area contributed by atoms with E-state index in [0.29, 0.717) is 0 Å². The summed E-state index contributed by atoms with van der Waals surface area (Å²) in [4.78, 5) is 5.28. The molecule has 2 heterocycles. The molecule has 2 aliphatic heterocycles. The molecule has 1 N–H and O–H groups in total. The fourth-order valence-electron chi connectivity index (χ4n) is 3.37. The maximum Gasteiger partial charge on any atom is 0.0253 e. The Kier molecular flexibility index (Phi) is 4.11. The third-order valence-corrected chi connectivity index (χ3v) is 4.40. The van der Waals surface area contributed by atoms with E-state index in [2.05, 4.69) is 42.9 Å². The summed E-state index contributed by atoms with van der Waals surface area (Å²) in [6.07, 6.45) is 4.02. The van der Waals surface area contributed by atoms with Crippen LogP contribution in [-0.4, -0.2) is 60.6 Å². The first-order valence-electron chi connectivity index (χ1n) is 7.21. The predicted octanol–water partition coefficient (Wildman–Crippen LogP) is 1.54. The molecular weight excluding hydrogens is 210 g/mol. The predicted molar refractivity (Wildman–Crippen MR) is 73.4 cm³/mol. The van der Waals surface area contributed by atoms with Crippen molar-refractivity contribution in [2.24, 2.45) is 0 Å². The summed E-state index contributed by atoms with van der Waals surface area (Å²) < 4.78 is 0. The Morgan fingerprint density at radius 2 is 2.12 bits per heavy atom. The van der Waals surface area contributed by atoms with Gasteiger partial charge in [-0.2, -0.15) is 0 Å². The first-order chi connectivity index (χ1) is 8.02. The number of likely N-dealkylation sites (tertiary alicyclic amines) is 1. The van der Waals surface area contributed by atoms with Gasteiger partial charge in [-0.05, 0) is 46.7 Å². The van der Waals surface area contributed by atoms with Gasteiger partial charge in [0.05, 0.1) is 0 Å². The van der Waals surface area contributed by atoms with Crippen LogP contribution < -0.4 is 5.32 Å². The second kappa shape index (κ2) is 5.25. The maximum absolute atomic E-state index is 3.68. The second-order valence-electron chi connectivity index (χ2n) is 6.56. The van der Waals surface area contributed by atoms with Gasteiger partial charge in [-0.15, -0.1) is 0 Å². The summed E-state index contributed by atoms with van der Waals surface area (Å²) in [5.41, 5.74) is 0.279. The van der Waals surface area contributed by atoms with E-state index in [-0.39, 0.29) is 5.54 Å². The van der Waals surface area contributed by atoms with Crippen molar-refractivity contribution in [1.82, 2.24) is 15.1 Å². The first-order valence-corrected chi connectivity index (χ1v) is 7.21. The van der Waals surface area contributed by atoms with Gasteiger partial charge in [-0.25, -0.2) is 0 Å². The van der Waals surface area contributed by atoms with Crippen LogP contribution in [0.3, 0.4) is 0 Å². The Morgan fingerprint density at radius 1 is 1.35 bits per heavy atom. The number of piperazine rings is 1. The highest BCUT2D eigenvalue weighted by Crippen LogP contribution is 2.24. The molecule has 0 aromatic carbocycles. The molecule has 0 bridgehead atoms. The van der Waals surface area contributed by atoms with Crippen LogP contribution in [0.4, 0.5) is 0 Å². The van der Waals surface area contributed by atoms with E-state index in [0.717, 1.165) is 18.6 Å². The molecule has 2 rings (SSSR count). The zero-order chi connectivity index (χ0) is 12.5. The lowest BCUT2D eigenvalue weighted by molar-refractivity contribution is 0.0213. The smallest absolute Gasteiger partial charge is 0.0253 e. The Balaban J connectivity index is 2.04. The lowest BCUT2D eigenvalue weighted by Crippen LogP contribution is -2.65. The zero-order valence-electron chi connectivity index (χ0n) is 12.0. The summed E-state index contributed by atoms with van der Waals surface area (Å²) in [6, 6.07) is 1.51. The second-order valence-corrected chi connectivity index (χ2v) is 6.56. The Morgan fingerprint density at radius 3 is 2.76 bits per heavy atom. The first kappa shape index (κ1) is 13.3. The standard InChI is InChI=1S/C14H29N3/c1-5-12-9-15-14(2,3)11-17(12)13-7-6-8-16(4)10-13/h12-13,15H,5-11H2,1-4H3. The summed E-state index contributed by atoms with van der Waals surface area (Å²) in [5, 5.41) is 3.68. The summed E-state index contributed by atoms with van der Waals surface area (Å²) in [6.45, 7) is 11.9. The molecule has 17 heavy (non-hydrogen) atoms. The molecule has 0 saturated carbocycles. The van der Waals surface area contributed by atoms with Gasteiger partial charge in [0.1, 0.15) is 0 Å². The minimum Gasteiger partial charge on any atom is -0.309 e. The van der Waals surface area contributed by atoms with Gasteiger partial charge in [0.15, 0.2) is 0 Å². The summed E-state index contributed by atoms with van der Waals surface area (Å²) in [5.74, 6) is 0. The van der Waals surface area contributed by atoms with Gasteiger partial charge in [0.2, 0.25) is 0 Å². The van der Waals surface area contributed by atoms with Crippen molar-refractivity contribution in [2.45, 2.75) is 57.7 Å². The molecule has 3 nitrogen and oxygen atoms in total. The lowest BCUT2D eigenvalue weighted by Gasteiger charge is -2.50. The van der Waals surface area contributed by atoms with Crippen molar-refractivity contribution >= 4 is 0 Å². The molecular formula is C14H29N3. The van der Waals surface area contributed by atoms with Gasteiger partial charge < -0.3 is 10.2 Å². The summed E-state index contributed by atoms with van der Waals surface area (Å²) in [7, 11) is 2.26. The van der Waals surface area contributed by atoms with Gasteiger partial charge in [-0.3, -0.25) is 4.90 Å². The van der Waals surface area contributed by atoms with Crippen molar-refractivity contribution in [2.75, 3.05) is 33.2 Å². The number of likely N-dealkylation sites (N-methyl/N-ethyl adjacent to an activating group) is 1. The minimum atomic E-state index is 0.279. The number of rotatable bonds is 2. The zero-order valence-corrected chi connectivity index (χ0v) is 12.0. The molecule has 0 aromatic rings. The third kappa shape index (κ3) is 3.21. The van der Waals surface area contributed by atoms with Crippen LogP contribution >= 0.6 is 0 Å². The number of nitrogens with one attached hydrogen (secondary N) is 1. The average Bonchev–Trinajstić information content (AvgIpc) is 2.28. The molecule has 0 spiro atoms. The van der Waals surface area contributed by atoms with Gasteiger partial charge in [0.25, 0.3) is 0 Å². The molecule has 100 valence electrons. The Hall–Kier alpha value is -0.120. The Bertz CT molecular complexity index is 252. The molecule has 0 aliphatic carbocycles. The van der Waals surface area contributed by atoms with Gasteiger partial charge in [0, 0.05) is 37.3 Å². The van der Waals surface area contributed by atoms with Crippen LogP contribution in [-0.2, 0) is 0 Å². The van der Waals surface area contributed by atoms with Crippen molar-refractivity contribution in [3.05, 3.63) is 0 Å². The van der Waals surface area contributed by atoms with Crippen molar-refractivity contribution in [3.8, 4) is 0 Å². The van der Waals surface area contributed by atoms with Crippen LogP contribution in [0, 0.1) is 0 Å². The number of nitrogens with zero attached hydrogens (tertiary/aromatic N) is 2. The van der Waals surface area contributed by atoms with E-state index in [1.54, 1.807) is 0 Å². The summed E-state index contributed by atoms with van der Waals surface area (Å²) >= 11 is 0. The molecule has 2 saturated heterocycles. The fourth-order valence-corrected chi connectivity index (χ4v) is 3.37. The molecule has 0 aromatic heterocycles. The molecule has 2 aliphatic rings. The van der Waals surface area contributed by atoms with E-state index >= 15 is 0 Å². The monoisotopic (exact) mass is 239 g/mol. The minimum absolute atomic E-state index is 0.279. The highest BCUT2D eigenvalue weighted by atomic mass is 15.3. The topological polar surface area (TPSA) is 18.5 Å². The molecule has 2 atom stereocenters. The fraction of sp³-hybridized carbons (Fsp3) is 1.00. The van der Waals surface area contributed by atoms with E-state index in [9.17, 15) is 0 Å². The highest BCUT2D eigenvalue weighted by molar-refractivity contribution is 4.95. The molecule has 3 heteroatoms. The number of hydrogen-bond acceptors (Lipinski definition) is 3. The van der Waals surface area contributed by atoms with Crippen LogP contribution in [0.25, 0.3) is 0 Å². The quantitative estimate of drug-likeness (QED) is 0.788.